The van der Waals surface area contributed by atoms with Crippen LogP contribution in [0.5, 0.6) is 11.5 Å². The molecule has 1 heterocycles. The maximum atomic E-state index is 9.23. The highest BCUT2D eigenvalue weighted by Gasteiger charge is 2.25. The number of nitrogens with zero attached hydrogens (tertiary/aromatic N) is 2. The zero-order valence-corrected chi connectivity index (χ0v) is 12.8. The number of rotatable bonds is 5. The molecule has 1 aromatic heterocycles. The van der Waals surface area contributed by atoms with Gasteiger partial charge < -0.3 is 15.2 Å². The summed E-state index contributed by atoms with van der Waals surface area (Å²) >= 11 is 5.87. The molecule has 2 atom stereocenters. The van der Waals surface area contributed by atoms with Gasteiger partial charge in [0.1, 0.15) is 12.1 Å². The van der Waals surface area contributed by atoms with E-state index in [2.05, 4.69) is 15.3 Å². The lowest BCUT2D eigenvalue weighted by atomic mass is 10.1. The molecule has 6 heteroatoms. The molecule has 1 aromatic carbocycles. The molecule has 2 unspecified atom stereocenters. The van der Waals surface area contributed by atoms with Crippen molar-refractivity contribution in [2.45, 2.75) is 25.3 Å². The van der Waals surface area contributed by atoms with Crippen molar-refractivity contribution < 1.29 is 9.84 Å². The van der Waals surface area contributed by atoms with Crippen molar-refractivity contribution in [3.63, 3.8) is 0 Å². The van der Waals surface area contributed by atoms with Gasteiger partial charge in [-0.3, -0.25) is 0 Å². The normalized spacial score (nSPS) is 20.8. The second-order valence-corrected chi connectivity index (χ2v) is 5.93. The third kappa shape index (κ3) is 3.67. The highest BCUT2D eigenvalue weighted by molar-refractivity contribution is 6.30. The lowest BCUT2D eigenvalue weighted by molar-refractivity contribution is 0.229. The van der Waals surface area contributed by atoms with E-state index < -0.39 is 0 Å². The Hall–Kier alpha value is -1.85. The first-order chi connectivity index (χ1) is 10.7. The third-order valence-electron chi connectivity index (χ3n) is 3.86. The number of aliphatic hydroxyl groups excluding tert-OH is 1. The summed E-state index contributed by atoms with van der Waals surface area (Å²) in [5, 5.41) is 13.3. The topological polar surface area (TPSA) is 67.3 Å². The molecule has 0 bridgehead atoms. The van der Waals surface area contributed by atoms with Gasteiger partial charge >= 0.3 is 0 Å². The third-order valence-corrected chi connectivity index (χ3v) is 4.11. The Kier molecular flexibility index (Phi) is 4.75. The van der Waals surface area contributed by atoms with Gasteiger partial charge in [0.2, 0.25) is 0 Å². The van der Waals surface area contributed by atoms with Crippen molar-refractivity contribution in [3.05, 3.63) is 41.8 Å². The molecule has 22 heavy (non-hydrogen) atoms. The van der Waals surface area contributed by atoms with Crippen molar-refractivity contribution in [1.82, 2.24) is 9.97 Å². The van der Waals surface area contributed by atoms with E-state index in [9.17, 15) is 5.11 Å². The molecular weight excluding hydrogens is 302 g/mol. The Morgan fingerprint density at radius 1 is 1.27 bits per heavy atom. The molecular formula is C16H18ClN3O2. The van der Waals surface area contributed by atoms with Gasteiger partial charge in [-0.25, -0.2) is 9.97 Å². The van der Waals surface area contributed by atoms with Crippen LogP contribution in [-0.4, -0.2) is 27.7 Å². The van der Waals surface area contributed by atoms with E-state index in [-0.39, 0.29) is 6.61 Å². The van der Waals surface area contributed by atoms with Crippen molar-refractivity contribution in [3.8, 4) is 11.5 Å². The fraction of sp³-hybridized carbons (Fsp3) is 0.375. The summed E-state index contributed by atoms with van der Waals surface area (Å²) in [6.45, 7) is 0.246. The average Bonchev–Trinajstić information content (AvgIpc) is 2.99. The van der Waals surface area contributed by atoms with E-state index in [1.165, 1.54) is 6.33 Å². The first-order valence-corrected chi connectivity index (χ1v) is 7.73. The van der Waals surface area contributed by atoms with Gasteiger partial charge in [-0.2, -0.15) is 0 Å². The summed E-state index contributed by atoms with van der Waals surface area (Å²) in [7, 11) is 0. The summed E-state index contributed by atoms with van der Waals surface area (Å²) in [5.74, 6) is 2.31. The van der Waals surface area contributed by atoms with Crippen molar-refractivity contribution in [2.24, 2.45) is 5.92 Å². The second-order valence-electron chi connectivity index (χ2n) is 5.49. The number of aliphatic hydroxyl groups is 1. The van der Waals surface area contributed by atoms with Gasteiger partial charge in [0, 0.05) is 17.7 Å². The second kappa shape index (κ2) is 6.94. The van der Waals surface area contributed by atoms with Crippen LogP contribution in [0.15, 0.2) is 36.8 Å². The summed E-state index contributed by atoms with van der Waals surface area (Å²) in [6.07, 6.45) is 6.14. The summed E-state index contributed by atoms with van der Waals surface area (Å²) in [6, 6.07) is 7.46. The molecule has 2 aromatic rings. The van der Waals surface area contributed by atoms with Crippen molar-refractivity contribution in [2.75, 3.05) is 11.9 Å². The van der Waals surface area contributed by atoms with Gasteiger partial charge in [-0.05, 0) is 49.4 Å². The molecule has 1 aliphatic rings. The van der Waals surface area contributed by atoms with Crippen LogP contribution in [0, 0.1) is 5.92 Å². The zero-order valence-electron chi connectivity index (χ0n) is 12.1. The van der Waals surface area contributed by atoms with E-state index in [0.29, 0.717) is 34.3 Å². The Morgan fingerprint density at radius 3 is 2.82 bits per heavy atom. The average molecular weight is 320 g/mol. The van der Waals surface area contributed by atoms with Crippen LogP contribution in [0.4, 0.5) is 5.82 Å². The number of nitrogens with one attached hydrogen (secondary N) is 1. The predicted octanol–water partition coefficient (Wildman–Crippen LogP) is 3.50. The predicted molar refractivity (Wildman–Crippen MR) is 85.4 cm³/mol. The number of benzene rings is 1. The number of ether oxygens (including phenoxy) is 1. The highest BCUT2D eigenvalue weighted by Crippen LogP contribution is 2.32. The first-order valence-electron chi connectivity index (χ1n) is 7.35. The van der Waals surface area contributed by atoms with Gasteiger partial charge in [-0.1, -0.05) is 11.6 Å². The minimum atomic E-state index is 0.246. The number of hydrogen-bond donors (Lipinski definition) is 2. The molecule has 3 rings (SSSR count). The lowest BCUT2D eigenvalue weighted by Gasteiger charge is -2.16. The molecule has 1 saturated carbocycles. The van der Waals surface area contributed by atoms with Crippen LogP contribution in [0.3, 0.4) is 0 Å². The Morgan fingerprint density at radius 2 is 2.09 bits per heavy atom. The van der Waals surface area contributed by atoms with Gasteiger partial charge in [0.05, 0.1) is 6.20 Å². The standard InChI is InChI=1S/C16H18ClN3O2/c17-12-2-5-14(6-3-12)22-15-8-18-10-19-16(15)20-13-4-1-11(7-13)9-21/h2-3,5-6,8,10-11,13,21H,1,4,7,9H2,(H,18,19,20). The maximum Gasteiger partial charge on any atom is 0.187 e. The first kappa shape index (κ1) is 15.1. The molecule has 0 saturated heterocycles. The van der Waals surface area contributed by atoms with E-state index in [4.69, 9.17) is 16.3 Å². The smallest absolute Gasteiger partial charge is 0.187 e. The van der Waals surface area contributed by atoms with E-state index in [1.807, 2.05) is 0 Å². The Labute approximate surface area is 134 Å². The van der Waals surface area contributed by atoms with Crippen LogP contribution in [0.2, 0.25) is 5.02 Å². The molecule has 116 valence electrons. The van der Waals surface area contributed by atoms with Gasteiger partial charge in [0.15, 0.2) is 11.6 Å². The van der Waals surface area contributed by atoms with Crippen LogP contribution < -0.4 is 10.1 Å². The van der Waals surface area contributed by atoms with Crippen molar-refractivity contribution >= 4 is 17.4 Å². The SMILES string of the molecule is OCC1CCC(Nc2ncncc2Oc2ccc(Cl)cc2)C1. The number of hydrogen-bond acceptors (Lipinski definition) is 5. The zero-order chi connectivity index (χ0) is 15.4. The molecule has 0 radical (unpaired) electrons. The van der Waals surface area contributed by atoms with Gasteiger partial charge in [0.25, 0.3) is 0 Å². The molecule has 2 N–H and O–H groups in total. The molecule has 5 nitrogen and oxygen atoms in total. The summed E-state index contributed by atoms with van der Waals surface area (Å²) < 4.78 is 5.83. The summed E-state index contributed by atoms with van der Waals surface area (Å²) in [4.78, 5) is 8.29. The fourth-order valence-corrected chi connectivity index (χ4v) is 2.82. The monoisotopic (exact) mass is 319 g/mol. The molecule has 1 aliphatic carbocycles. The fourth-order valence-electron chi connectivity index (χ4n) is 2.69. The molecule has 1 fully saturated rings. The Balaban J connectivity index is 1.71. The molecule has 0 spiro atoms. The number of aromatic nitrogens is 2. The minimum Gasteiger partial charge on any atom is -0.452 e. The molecule has 0 amide bonds. The summed E-state index contributed by atoms with van der Waals surface area (Å²) in [5.41, 5.74) is 0. The largest absolute Gasteiger partial charge is 0.452 e. The van der Waals surface area contributed by atoms with Crippen LogP contribution in [0.1, 0.15) is 19.3 Å². The minimum absolute atomic E-state index is 0.246. The highest BCUT2D eigenvalue weighted by atomic mass is 35.5. The van der Waals surface area contributed by atoms with E-state index in [1.54, 1.807) is 30.5 Å². The number of anilines is 1. The van der Waals surface area contributed by atoms with Crippen LogP contribution in [-0.2, 0) is 0 Å². The molecule has 0 aliphatic heterocycles. The quantitative estimate of drug-likeness (QED) is 0.883. The van der Waals surface area contributed by atoms with Crippen LogP contribution in [0.25, 0.3) is 0 Å². The lowest BCUT2D eigenvalue weighted by Crippen LogP contribution is -2.17. The van der Waals surface area contributed by atoms with Crippen molar-refractivity contribution in [1.29, 1.82) is 0 Å². The van der Waals surface area contributed by atoms with E-state index >= 15 is 0 Å². The number of halogens is 1. The van der Waals surface area contributed by atoms with Crippen LogP contribution >= 0.6 is 11.6 Å². The van der Waals surface area contributed by atoms with E-state index in [0.717, 1.165) is 19.3 Å². The Bertz CT molecular complexity index is 621. The maximum absolute atomic E-state index is 9.23. The van der Waals surface area contributed by atoms with Gasteiger partial charge in [-0.15, -0.1) is 0 Å².